The first-order chi connectivity index (χ1) is 10.7. The number of hydrogen-bond donors (Lipinski definition) is 1. The molecule has 3 nitrogen and oxygen atoms in total. The van der Waals surface area contributed by atoms with E-state index in [9.17, 15) is 4.79 Å². The topological polar surface area (TPSA) is 42.2 Å². The lowest BCUT2D eigenvalue weighted by Gasteiger charge is -2.13. The van der Waals surface area contributed by atoms with E-state index in [1.165, 1.54) is 22.0 Å². The lowest BCUT2D eigenvalue weighted by Crippen LogP contribution is -2.06. The molecule has 0 fully saturated rings. The van der Waals surface area contributed by atoms with Gasteiger partial charge in [0.05, 0.1) is 0 Å². The molecule has 1 heterocycles. The van der Waals surface area contributed by atoms with Crippen LogP contribution in [0.1, 0.15) is 31.4 Å². The quantitative estimate of drug-likeness (QED) is 0.862. The molecule has 0 bridgehead atoms. The molecular formula is C19H21NO2. The summed E-state index contributed by atoms with van der Waals surface area (Å²) in [6.45, 7) is 0.763. The average molecular weight is 295 g/mol. The Kier molecular flexibility index (Phi) is 4.42. The molecule has 1 N–H and O–H groups in total. The van der Waals surface area contributed by atoms with Crippen molar-refractivity contribution < 1.29 is 9.90 Å². The minimum absolute atomic E-state index is 0.222. The van der Waals surface area contributed by atoms with Gasteiger partial charge in [-0.1, -0.05) is 48.1 Å². The molecule has 0 spiro atoms. The zero-order valence-electron chi connectivity index (χ0n) is 12.7. The maximum absolute atomic E-state index is 10.7. The molecule has 1 aromatic carbocycles. The fourth-order valence-corrected chi connectivity index (χ4v) is 3.08. The molecule has 0 aliphatic heterocycles. The fraction of sp³-hybridized carbons (Fsp3) is 0.316. The number of fused-ring (bicyclic) bond motifs is 1. The highest BCUT2D eigenvalue weighted by atomic mass is 16.4. The van der Waals surface area contributed by atoms with Crippen molar-refractivity contribution in [1.82, 2.24) is 4.57 Å². The minimum atomic E-state index is -0.724. The molecule has 3 heteroatoms. The monoisotopic (exact) mass is 295 g/mol. The second kappa shape index (κ2) is 6.65. The molecule has 3 rings (SSSR count). The zero-order valence-corrected chi connectivity index (χ0v) is 12.7. The van der Waals surface area contributed by atoms with Crippen molar-refractivity contribution in [3.05, 3.63) is 60.0 Å². The van der Waals surface area contributed by atoms with Crippen LogP contribution in [0.25, 0.3) is 10.8 Å². The SMILES string of the molecule is O=C(O)CCCn1cc2ccccc2c1CC1=CC=CCC1. The summed E-state index contributed by atoms with van der Waals surface area (Å²) in [6.07, 6.45) is 12.8. The highest BCUT2D eigenvalue weighted by Crippen LogP contribution is 2.26. The van der Waals surface area contributed by atoms with E-state index in [-0.39, 0.29) is 6.42 Å². The highest BCUT2D eigenvalue weighted by Gasteiger charge is 2.12. The van der Waals surface area contributed by atoms with Crippen molar-refractivity contribution in [2.75, 3.05) is 0 Å². The van der Waals surface area contributed by atoms with Gasteiger partial charge in [-0.15, -0.1) is 0 Å². The molecule has 0 unspecified atom stereocenters. The second-order valence-electron chi connectivity index (χ2n) is 5.82. The first-order valence-electron chi connectivity index (χ1n) is 7.87. The third-order valence-corrected chi connectivity index (χ3v) is 4.20. The van der Waals surface area contributed by atoms with Crippen molar-refractivity contribution in [3.8, 4) is 0 Å². The Morgan fingerprint density at radius 3 is 2.91 bits per heavy atom. The van der Waals surface area contributed by atoms with Gasteiger partial charge in [0, 0.05) is 36.7 Å². The van der Waals surface area contributed by atoms with Crippen molar-refractivity contribution in [1.29, 1.82) is 0 Å². The van der Waals surface area contributed by atoms with Crippen LogP contribution in [0, 0.1) is 0 Å². The Morgan fingerprint density at radius 1 is 1.27 bits per heavy atom. The summed E-state index contributed by atoms with van der Waals surface area (Å²) in [6, 6.07) is 8.41. The number of aryl methyl sites for hydroxylation is 1. The molecule has 114 valence electrons. The van der Waals surface area contributed by atoms with E-state index in [1.807, 2.05) is 0 Å². The van der Waals surface area contributed by atoms with Crippen molar-refractivity contribution in [3.63, 3.8) is 0 Å². The zero-order chi connectivity index (χ0) is 15.4. The van der Waals surface area contributed by atoms with Gasteiger partial charge < -0.3 is 9.67 Å². The third kappa shape index (κ3) is 3.30. The molecule has 0 atom stereocenters. The van der Waals surface area contributed by atoms with Crippen LogP contribution in [0.5, 0.6) is 0 Å². The number of carboxylic acids is 1. The first-order valence-corrected chi connectivity index (χ1v) is 7.87. The summed E-state index contributed by atoms with van der Waals surface area (Å²) in [5.41, 5.74) is 2.76. The molecule has 22 heavy (non-hydrogen) atoms. The van der Waals surface area contributed by atoms with Gasteiger partial charge in [-0.25, -0.2) is 0 Å². The number of aromatic nitrogens is 1. The van der Waals surface area contributed by atoms with E-state index in [2.05, 4.69) is 53.3 Å². The Hall–Kier alpha value is -2.29. The van der Waals surface area contributed by atoms with E-state index in [0.29, 0.717) is 6.42 Å². The number of carboxylic acid groups (broad SMARTS) is 1. The van der Waals surface area contributed by atoms with Crippen molar-refractivity contribution in [2.24, 2.45) is 0 Å². The predicted octanol–water partition coefficient (Wildman–Crippen LogP) is 4.33. The number of benzene rings is 1. The van der Waals surface area contributed by atoms with E-state index in [1.54, 1.807) is 0 Å². The lowest BCUT2D eigenvalue weighted by atomic mass is 9.99. The number of nitrogens with zero attached hydrogens (tertiary/aromatic N) is 1. The highest BCUT2D eigenvalue weighted by molar-refractivity contribution is 5.85. The number of aliphatic carboxylic acids is 1. The Bertz CT molecular complexity index is 737. The smallest absolute Gasteiger partial charge is 0.303 e. The molecule has 0 amide bonds. The van der Waals surface area contributed by atoms with Crippen LogP contribution < -0.4 is 0 Å². The summed E-state index contributed by atoms with van der Waals surface area (Å²) in [5.74, 6) is -0.724. The average Bonchev–Trinajstić information content (AvgIpc) is 2.86. The maximum atomic E-state index is 10.7. The Labute approximate surface area is 130 Å². The number of carbonyl (C=O) groups is 1. The van der Waals surface area contributed by atoms with Crippen LogP contribution in [0.2, 0.25) is 0 Å². The Balaban J connectivity index is 1.88. The summed E-state index contributed by atoms with van der Waals surface area (Å²) in [7, 11) is 0. The molecule has 1 aliphatic rings. The van der Waals surface area contributed by atoms with E-state index >= 15 is 0 Å². The van der Waals surface area contributed by atoms with Gasteiger partial charge in [-0.05, 0) is 24.6 Å². The van der Waals surface area contributed by atoms with Crippen LogP contribution in [-0.4, -0.2) is 15.6 Å². The van der Waals surface area contributed by atoms with Gasteiger partial charge in [0.1, 0.15) is 0 Å². The van der Waals surface area contributed by atoms with Crippen molar-refractivity contribution in [2.45, 2.75) is 38.6 Å². The minimum Gasteiger partial charge on any atom is -0.481 e. The van der Waals surface area contributed by atoms with Crippen LogP contribution in [0.4, 0.5) is 0 Å². The largest absolute Gasteiger partial charge is 0.481 e. The summed E-state index contributed by atoms with van der Waals surface area (Å²) < 4.78 is 2.24. The summed E-state index contributed by atoms with van der Waals surface area (Å²) in [5, 5.41) is 11.4. The molecule has 0 saturated carbocycles. The van der Waals surface area contributed by atoms with Crippen LogP contribution in [-0.2, 0) is 17.8 Å². The molecule has 0 saturated heterocycles. The van der Waals surface area contributed by atoms with Gasteiger partial charge in [0.2, 0.25) is 0 Å². The maximum Gasteiger partial charge on any atom is 0.303 e. The molecule has 1 aromatic heterocycles. The predicted molar refractivity (Wildman–Crippen MR) is 89.0 cm³/mol. The molecular weight excluding hydrogens is 274 g/mol. The van der Waals surface area contributed by atoms with Gasteiger partial charge in [-0.3, -0.25) is 4.79 Å². The molecule has 0 radical (unpaired) electrons. The van der Waals surface area contributed by atoms with Crippen molar-refractivity contribution >= 4 is 16.7 Å². The Morgan fingerprint density at radius 2 is 2.14 bits per heavy atom. The number of rotatable bonds is 6. The third-order valence-electron chi connectivity index (χ3n) is 4.20. The van der Waals surface area contributed by atoms with E-state index in [0.717, 1.165) is 25.8 Å². The fourth-order valence-electron chi connectivity index (χ4n) is 3.08. The molecule has 1 aliphatic carbocycles. The summed E-state index contributed by atoms with van der Waals surface area (Å²) >= 11 is 0. The lowest BCUT2D eigenvalue weighted by molar-refractivity contribution is -0.137. The van der Waals surface area contributed by atoms with Crippen LogP contribution in [0.3, 0.4) is 0 Å². The number of hydrogen-bond acceptors (Lipinski definition) is 1. The molecule has 2 aromatic rings. The normalized spacial score (nSPS) is 14.3. The van der Waals surface area contributed by atoms with Gasteiger partial charge >= 0.3 is 5.97 Å². The number of allylic oxidation sites excluding steroid dienone is 4. The van der Waals surface area contributed by atoms with Crippen LogP contribution >= 0.6 is 0 Å². The first kappa shape index (κ1) is 14.6. The van der Waals surface area contributed by atoms with E-state index in [4.69, 9.17) is 5.11 Å². The standard InChI is InChI=1S/C19H21NO2/c21-19(22)11-6-12-20-14-16-9-4-5-10-17(16)18(20)13-15-7-2-1-3-8-15/h1-2,4-5,7,9-10,14H,3,6,8,11-13H2,(H,21,22). The van der Waals surface area contributed by atoms with Gasteiger partial charge in [-0.2, -0.15) is 0 Å². The van der Waals surface area contributed by atoms with E-state index < -0.39 is 5.97 Å². The van der Waals surface area contributed by atoms with Gasteiger partial charge in [0.15, 0.2) is 0 Å². The van der Waals surface area contributed by atoms with Gasteiger partial charge in [0.25, 0.3) is 0 Å². The second-order valence-corrected chi connectivity index (χ2v) is 5.82. The summed E-state index contributed by atoms with van der Waals surface area (Å²) in [4.78, 5) is 10.7. The van der Waals surface area contributed by atoms with Crippen LogP contribution in [0.15, 0.2) is 54.3 Å².